The predicted octanol–water partition coefficient (Wildman–Crippen LogP) is 9.12. The second-order valence-electron chi connectivity index (χ2n) is 10.1. The Hall–Kier alpha value is -5.61. The summed E-state index contributed by atoms with van der Waals surface area (Å²) in [6.45, 7) is 0. The molecule has 0 amide bonds. The van der Waals surface area contributed by atoms with Gasteiger partial charge in [-0.05, 0) is 40.1 Å². The van der Waals surface area contributed by atoms with Gasteiger partial charge >= 0.3 is 0 Å². The Bertz CT molecular complexity index is 2130. The van der Waals surface area contributed by atoms with E-state index in [2.05, 4.69) is 89.5 Å². The molecular formula is C37H24N4. The van der Waals surface area contributed by atoms with Crippen molar-refractivity contribution in [2.24, 2.45) is 0 Å². The van der Waals surface area contributed by atoms with Gasteiger partial charge in [-0.25, -0.2) is 4.98 Å². The van der Waals surface area contributed by atoms with Crippen LogP contribution < -0.4 is 0 Å². The number of para-hydroxylation sites is 1. The third kappa shape index (κ3) is 3.97. The molecule has 41 heavy (non-hydrogen) atoms. The zero-order valence-electron chi connectivity index (χ0n) is 22.1. The summed E-state index contributed by atoms with van der Waals surface area (Å²) in [4.78, 5) is 15.0. The molecule has 6 aromatic carbocycles. The highest BCUT2D eigenvalue weighted by atomic mass is 15.2. The quantitative estimate of drug-likeness (QED) is 0.231. The number of benzene rings is 6. The van der Waals surface area contributed by atoms with E-state index in [0.717, 1.165) is 22.2 Å². The van der Waals surface area contributed by atoms with Crippen LogP contribution in [0, 0.1) is 0 Å². The second-order valence-corrected chi connectivity index (χ2v) is 10.1. The fourth-order valence-corrected chi connectivity index (χ4v) is 5.71. The number of hydrogen-bond acceptors (Lipinski definition) is 3. The Morgan fingerprint density at radius 3 is 1.61 bits per heavy atom. The minimum Gasteiger partial charge on any atom is -0.278 e. The van der Waals surface area contributed by atoms with Crippen LogP contribution in [0.4, 0.5) is 0 Å². The molecule has 0 aliphatic carbocycles. The van der Waals surface area contributed by atoms with Gasteiger partial charge in [-0.3, -0.25) is 4.57 Å². The minimum atomic E-state index is 0.600. The molecule has 4 nitrogen and oxygen atoms in total. The smallest absolute Gasteiger partial charge is 0.238 e. The Morgan fingerprint density at radius 2 is 0.951 bits per heavy atom. The average Bonchev–Trinajstić information content (AvgIpc) is 3.40. The van der Waals surface area contributed by atoms with Crippen LogP contribution in [0.25, 0.3) is 72.4 Å². The van der Waals surface area contributed by atoms with Crippen molar-refractivity contribution in [2.45, 2.75) is 0 Å². The molecule has 8 rings (SSSR count). The summed E-state index contributed by atoms with van der Waals surface area (Å²) in [6, 6.07) is 50.4. The topological polar surface area (TPSA) is 43.6 Å². The average molecular weight is 525 g/mol. The van der Waals surface area contributed by atoms with Crippen molar-refractivity contribution in [2.75, 3.05) is 0 Å². The largest absolute Gasteiger partial charge is 0.278 e. The Labute approximate surface area is 237 Å². The number of fused-ring (bicyclic) bond motifs is 5. The predicted molar refractivity (Wildman–Crippen MR) is 168 cm³/mol. The standard InChI is InChI=1S/C37H24N4/c1-4-12-25(13-5-1)29-21-20-26-22-23-33-34(31(26)24-29)30-18-10-11-19-32(30)41(33)37-39-35(27-14-6-2-7-15-27)38-36(40-37)28-16-8-3-9-17-28/h1-24H. The van der Waals surface area contributed by atoms with Crippen molar-refractivity contribution in [1.82, 2.24) is 19.5 Å². The zero-order chi connectivity index (χ0) is 27.2. The Kier molecular flexibility index (Phi) is 5.42. The third-order valence-electron chi connectivity index (χ3n) is 7.65. The molecule has 0 fully saturated rings. The number of hydrogen-bond donors (Lipinski definition) is 0. The van der Waals surface area contributed by atoms with Crippen LogP contribution in [-0.4, -0.2) is 19.5 Å². The van der Waals surface area contributed by atoms with Crippen LogP contribution in [0.3, 0.4) is 0 Å². The summed E-state index contributed by atoms with van der Waals surface area (Å²) in [7, 11) is 0. The van der Waals surface area contributed by atoms with E-state index in [1.807, 2.05) is 60.7 Å². The highest BCUT2D eigenvalue weighted by Gasteiger charge is 2.19. The summed E-state index contributed by atoms with van der Waals surface area (Å²) in [5.74, 6) is 1.89. The van der Waals surface area contributed by atoms with Gasteiger partial charge in [0.2, 0.25) is 5.95 Å². The Balaban J connectivity index is 1.45. The highest BCUT2D eigenvalue weighted by Crippen LogP contribution is 2.38. The van der Waals surface area contributed by atoms with Gasteiger partial charge in [-0.15, -0.1) is 0 Å². The van der Waals surface area contributed by atoms with E-state index in [9.17, 15) is 0 Å². The molecule has 0 bridgehead atoms. The van der Waals surface area contributed by atoms with E-state index in [0.29, 0.717) is 17.6 Å². The fraction of sp³-hybridized carbons (Fsp3) is 0. The first-order valence-corrected chi connectivity index (χ1v) is 13.7. The van der Waals surface area contributed by atoms with E-state index in [1.54, 1.807) is 0 Å². The van der Waals surface area contributed by atoms with E-state index in [1.165, 1.54) is 32.7 Å². The van der Waals surface area contributed by atoms with E-state index in [-0.39, 0.29) is 0 Å². The maximum absolute atomic E-state index is 5.06. The SMILES string of the molecule is c1ccc(-c2ccc3ccc4c(c3c2)c2ccccc2n4-c2nc(-c3ccccc3)nc(-c3ccccc3)n2)cc1. The molecule has 8 aromatic rings. The molecule has 2 heterocycles. The molecule has 192 valence electrons. The maximum Gasteiger partial charge on any atom is 0.238 e. The monoisotopic (exact) mass is 524 g/mol. The first-order chi connectivity index (χ1) is 20.3. The molecule has 0 aliphatic rings. The maximum atomic E-state index is 5.06. The summed E-state index contributed by atoms with van der Waals surface area (Å²) >= 11 is 0. The van der Waals surface area contributed by atoms with Crippen LogP contribution >= 0.6 is 0 Å². The first-order valence-electron chi connectivity index (χ1n) is 13.7. The van der Waals surface area contributed by atoms with E-state index >= 15 is 0 Å². The number of aromatic nitrogens is 4. The second kappa shape index (κ2) is 9.54. The summed E-state index contributed by atoms with van der Waals surface area (Å²) in [5.41, 5.74) is 6.42. The first kappa shape index (κ1) is 23.3. The van der Waals surface area contributed by atoms with E-state index < -0.39 is 0 Å². The van der Waals surface area contributed by atoms with Crippen molar-refractivity contribution in [1.29, 1.82) is 0 Å². The van der Waals surface area contributed by atoms with Gasteiger partial charge < -0.3 is 0 Å². The van der Waals surface area contributed by atoms with Gasteiger partial charge in [0.25, 0.3) is 0 Å². The van der Waals surface area contributed by atoms with Crippen LogP contribution in [0.2, 0.25) is 0 Å². The number of rotatable bonds is 4. The van der Waals surface area contributed by atoms with Crippen LogP contribution in [0.5, 0.6) is 0 Å². The number of nitrogens with zero attached hydrogens (tertiary/aromatic N) is 4. The molecule has 0 saturated heterocycles. The van der Waals surface area contributed by atoms with Crippen molar-refractivity contribution in [3.63, 3.8) is 0 Å². The van der Waals surface area contributed by atoms with Crippen molar-refractivity contribution in [3.05, 3.63) is 146 Å². The van der Waals surface area contributed by atoms with Gasteiger partial charge in [0.15, 0.2) is 11.6 Å². The van der Waals surface area contributed by atoms with Gasteiger partial charge in [0, 0.05) is 21.9 Å². The summed E-state index contributed by atoms with van der Waals surface area (Å²) < 4.78 is 2.18. The van der Waals surface area contributed by atoms with Gasteiger partial charge in [-0.2, -0.15) is 9.97 Å². The lowest BCUT2D eigenvalue weighted by Gasteiger charge is -2.11. The lowest BCUT2D eigenvalue weighted by atomic mass is 9.98. The lowest BCUT2D eigenvalue weighted by Crippen LogP contribution is -2.06. The molecule has 0 spiro atoms. The van der Waals surface area contributed by atoms with Crippen LogP contribution in [-0.2, 0) is 0 Å². The molecular weight excluding hydrogens is 500 g/mol. The van der Waals surface area contributed by atoms with Crippen molar-refractivity contribution < 1.29 is 0 Å². The van der Waals surface area contributed by atoms with Crippen molar-refractivity contribution >= 4 is 32.6 Å². The fourth-order valence-electron chi connectivity index (χ4n) is 5.71. The molecule has 4 heteroatoms. The van der Waals surface area contributed by atoms with Crippen molar-refractivity contribution in [3.8, 4) is 39.9 Å². The molecule has 0 radical (unpaired) electrons. The molecule has 2 aromatic heterocycles. The van der Waals surface area contributed by atoms with Crippen LogP contribution in [0.1, 0.15) is 0 Å². The molecule has 0 saturated carbocycles. The van der Waals surface area contributed by atoms with Gasteiger partial charge in [-0.1, -0.05) is 127 Å². The van der Waals surface area contributed by atoms with Gasteiger partial charge in [0.1, 0.15) is 0 Å². The summed E-state index contributed by atoms with van der Waals surface area (Å²) in [5, 5.41) is 4.77. The Morgan fingerprint density at radius 1 is 0.390 bits per heavy atom. The van der Waals surface area contributed by atoms with Crippen LogP contribution in [0.15, 0.2) is 146 Å². The van der Waals surface area contributed by atoms with E-state index in [4.69, 9.17) is 15.0 Å². The normalized spacial score (nSPS) is 11.4. The zero-order valence-corrected chi connectivity index (χ0v) is 22.1. The lowest BCUT2D eigenvalue weighted by molar-refractivity contribution is 0.953. The molecule has 0 aliphatic heterocycles. The highest BCUT2D eigenvalue weighted by molar-refractivity contribution is 6.21. The third-order valence-corrected chi connectivity index (χ3v) is 7.65. The summed E-state index contributed by atoms with van der Waals surface area (Å²) in [6.07, 6.45) is 0. The molecule has 0 unspecified atom stereocenters. The molecule has 0 N–H and O–H groups in total. The molecule has 0 atom stereocenters. The minimum absolute atomic E-state index is 0.600. The van der Waals surface area contributed by atoms with Gasteiger partial charge in [0.05, 0.1) is 11.0 Å².